The van der Waals surface area contributed by atoms with E-state index >= 15 is 0 Å². The number of phenolic OH excluding ortho intramolecular Hbond substituents is 2. The summed E-state index contributed by atoms with van der Waals surface area (Å²) in [6, 6.07) is 4.67. The molecule has 4 nitrogen and oxygen atoms in total. The van der Waals surface area contributed by atoms with Crippen LogP contribution >= 0.6 is 0 Å². The van der Waals surface area contributed by atoms with E-state index in [1.807, 2.05) is 6.92 Å². The van der Waals surface area contributed by atoms with Gasteiger partial charge in [0.25, 0.3) is 0 Å². The second-order valence-electron chi connectivity index (χ2n) is 5.29. The fourth-order valence-corrected chi connectivity index (χ4v) is 2.39. The number of rotatable bonds is 6. The summed E-state index contributed by atoms with van der Waals surface area (Å²) in [4.78, 5) is 0. The predicted molar refractivity (Wildman–Crippen MR) is 69.6 cm³/mol. The molecule has 18 heavy (non-hydrogen) atoms. The largest absolute Gasteiger partial charge is 0.507 e. The van der Waals surface area contributed by atoms with Crippen LogP contribution in [0.5, 0.6) is 11.5 Å². The van der Waals surface area contributed by atoms with Gasteiger partial charge < -0.3 is 20.6 Å². The zero-order chi connectivity index (χ0) is 13.2. The summed E-state index contributed by atoms with van der Waals surface area (Å²) < 4.78 is 0. The number of nitrogens with one attached hydrogen (secondary N) is 1. The van der Waals surface area contributed by atoms with Crippen molar-refractivity contribution in [1.29, 1.82) is 0 Å². The second-order valence-corrected chi connectivity index (χ2v) is 5.29. The van der Waals surface area contributed by atoms with E-state index in [2.05, 4.69) is 5.32 Å². The Balaban J connectivity index is 1.98. The van der Waals surface area contributed by atoms with Crippen molar-refractivity contribution >= 4 is 0 Å². The minimum atomic E-state index is -0.109. The number of benzene rings is 1. The van der Waals surface area contributed by atoms with Crippen molar-refractivity contribution in [3.8, 4) is 11.5 Å². The molecule has 1 atom stereocenters. The molecule has 1 aliphatic carbocycles. The Morgan fingerprint density at radius 3 is 2.39 bits per heavy atom. The predicted octanol–water partition coefficient (Wildman–Crippen LogP) is 1.91. The molecule has 1 fully saturated rings. The van der Waals surface area contributed by atoms with Crippen LogP contribution in [0, 0.1) is 5.41 Å². The summed E-state index contributed by atoms with van der Waals surface area (Å²) in [5, 5.41) is 31.9. The minimum Gasteiger partial charge on any atom is -0.507 e. The lowest BCUT2D eigenvalue weighted by atomic mass is 10.0. The van der Waals surface area contributed by atoms with Crippen molar-refractivity contribution < 1.29 is 15.3 Å². The van der Waals surface area contributed by atoms with Gasteiger partial charge in [-0.05, 0) is 43.7 Å². The van der Waals surface area contributed by atoms with Crippen LogP contribution in [0.2, 0.25) is 0 Å². The van der Waals surface area contributed by atoms with Crippen LogP contribution in [0.25, 0.3) is 0 Å². The molecule has 0 bridgehead atoms. The van der Waals surface area contributed by atoms with Gasteiger partial charge in [-0.25, -0.2) is 0 Å². The molecule has 1 aromatic carbocycles. The van der Waals surface area contributed by atoms with Crippen molar-refractivity contribution in [1.82, 2.24) is 5.32 Å². The van der Waals surface area contributed by atoms with Gasteiger partial charge in [0.1, 0.15) is 11.5 Å². The summed E-state index contributed by atoms with van der Waals surface area (Å²) >= 11 is 0. The van der Waals surface area contributed by atoms with Gasteiger partial charge in [0.2, 0.25) is 0 Å². The average molecular weight is 251 g/mol. The molecule has 0 amide bonds. The monoisotopic (exact) mass is 251 g/mol. The van der Waals surface area contributed by atoms with Crippen molar-refractivity contribution in [2.45, 2.75) is 32.2 Å². The summed E-state index contributed by atoms with van der Waals surface area (Å²) in [6.07, 6.45) is 3.10. The SMILES string of the molecule is CC(NCC1(CCO)CC1)c1c(O)cccc1O. The van der Waals surface area contributed by atoms with Gasteiger partial charge in [-0.3, -0.25) is 0 Å². The molecule has 0 spiro atoms. The topological polar surface area (TPSA) is 72.7 Å². The quantitative estimate of drug-likeness (QED) is 0.623. The maximum absolute atomic E-state index is 9.77. The fourth-order valence-electron chi connectivity index (χ4n) is 2.39. The maximum atomic E-state index is 9.77. The Hall–Kier alpha value is -1.26. The van der Waals surface area contributed by atoms with E-state index in [0.29, 0.717) is 5.56 Å². The van der Waals surface area contributed by atoms with Crippen LogP contribution < -0.4 is 5.32 Å². The number of phenols is 2. The first-order chi connectivity index (χ1) is 8.58. The molecular weight excluding hydrogens is 230 g/mol. The van der Waals surface area contributed by atoms with E-state index < -0.39 is 0 Å². The van der Waals surface area contributed by atoms with Gasteiger partial charge in [0.15, 0.2) is 0 Å². The lowest BCUT2D eigenvalue weighted by Gasteiger charge is -2.21. The normalized spacial score (nSPS) is 18.6. The minimum absolute atomic E-state index is 0.109. The molecule has 1 aromatic rings. The zero-order valence-electron chi connectivity index (χ0n) is 10.7. The molecule has 1 saturated carbocycles. The number of aliphatic hydroxyl groups excluding tert-OH is 1. The lowest BCUT2D eigenvalue weighted by molar-refractivity contribution is 0.242. The Morgan fingerprint density at radius 1 is 1.28 bits per heavy atom. The summed E-state index contributed by atoms with van der Waals surface area (Å²) in [5.74, 6) is 0.226. The van der Waals surface area contributed by atoms with Gasteiger partial charge in [-0.2, -0.15) is 0 Å². The Bertz CT molecular complexity index is 395. The summed E-state index contributed by atoms with van der Waals surface area (Å²) in [6.45, 7) is 2.95. The van der Waals surface area contributed by atoms with Crippen LogP contribution in [0.1, 0.15) is 37.8 Å². The molecule has 1 unspecified atom stereocenters. The van der Waals surface area contributed by atoms with E-state index in [-0.39, 0.29) is 29.6 Å². The van der Waals surface area contributed by atoms with Crippen molar-refractivity contribution in [2.75, 3.05) is 13.2 Å². The van der Waals surface area contributed by atoms with Gasteiger partial charge in [-0.1, -0.05) is 6.07 Å². The highest BCUT2D eigenvalue weighted by molar-refractivity contribution is 5.44. The van der Waals surface area contributed by atoms with E-state index in [0.717, 1.165) is 25.8 Å². The zero-order valence-corrected chi connectivity index (χ0v) is 10.7. The summed E-state index contributed by atoms with van der Waals surface area (Å²) in [7, 11) is 0. The van der Waals surface area contributed by atoms with Crippen LogP contribution in [0.4, 0.5) is 0 Å². The Kier molecular flexibility index (Phi) is 3.78. The first-order valence-corrected chi connectivity index (χ1v) is 6.43. The van der Waals surface area contributed by atoms with E-state index in [1.54, 1.807) is 18.2 Å². The molecule has 2 rings (SSSR count). The number of hydrogen-bond acceptors (Lipinski definition) is 4. The molecule has 4 N–H and O–H groups in total. The van der Waals surface area contributed by atoms with Crippen molar-refractivity contribution in [3.05, 3.63) is 23.8 Å². The first kappa shape index (κ1) is 13.2. The lowest BCUT2D eigenvalue weighted by Crippen LogP contribution is -2.27. The summed E-state index contributed by atoms with van der Waals surface area (Å²) in [5.41, 5.74) is 0.764. The molecule has 4 heteroatoms. The second kappa shape index (κ2) is 5.16. The van der Waals surface area contributed by atoms with Crippen molar-refractivity contribution in [3.63, 3.8) is 0 Å². The van der Waals surface area contributed by atoms with Crippen LogP contribution in [-0.2, 0) is 0 Å². The third-order valence-corrected chi connectivity index (χ3v) is 3.88. The molecular formula is C14H21NO3. The number of aromatic hydroxyl groups is 2. The third kappa shape index (κ3) is 2.76. The Morgan fingerprint density at radius 2 is 1.89 bits per heavy atom. The molecule has 0 aliphatic heterocycles. The number of hydrogen-bond donors (Lipinski definition) is 4. The van der Waals surface area contributed by atoms with Crippen LogP contribution in [0.15, 0.2) is 18.2 Å². The van der Waals surface area contributed by atoms with Gasteiger partial charge in [0.05, 0.1) is 5.56 Å². The number of aliphatic hydroxyl groups is 1. The Labute approximate surface area is 107 Å². The fraction of sp³-hybridized carbons (Fsp3) is 0.571. The molecule has 0 aromatic heterocycles. The van der Waals surface area contributed by atoms with Gasteiger partial charge in [-0.15, -0.1) is 0 Å². The first-order valence-electron chi connectivity index (χ1n) is 6.43. The van der Waals surface area contributed by atoms with E-state index in [9.17, 15) is 10.2 Å². The molecule has 0 heterocycles. The van der Waals surface area contributed by atoms with Crippen LogP contribution in [0.3, 0.4) is 0 Å². The standard InChI is InChI=1S/C14H21NO3/c1-10(13-11(17)3-2-4-12(13)18)15-9-14(5-6-14)7-8-16/h2-4,10,15-18H,5-9H2,1H3. The van der Waals surface area contributed by atoms with Gasteiger partial charge >= 0.3 is 0 Å². The molecule has 1 aliphatic rings. The molecule has 100 valence electrons. The van der Waals surface area contributed by atoms with Crippen molar-refractivity contribution in [2.24, 2.45) is 5.41 Å². The highest BCUT2D eigenvalue weighted by atomic mass is 16.3. The van der Waals surface area contributed by atoms with Gasteiger partial charge in [0, 0.05) is 19.2 Å². The van der Waals surface area contributed by atoms with E-state index in [1.165, 1.54) is 0 Å². The maximum Gasteiger partial charge on any atom is 0.124 e. The average Bonchev–Trinajstić information content (AvgIpc) is 3.07. The highest BCUT2D eigenvalue weighted by Crippen LogP contribution is 2.48. The third-order valence-electron chi connectivity index (χ3n) is 3.88. The molecule has 0 saturated heterocycles. The van der Waals surface area contributed by atoms with E-state index in [4.69, 9.17) is 5.11 Å². The van der Waals surface area contributed by atoms with Crippen LogP contribution in [-0.4, -0.2) is 28.5 Å². The highest BCUT2D eigenvalue weighted by Gasteiger charge is 2.41. The smallest absolute Gasteiger partial charge is 0.124 e. The molecule has 0 radical (unpaired) electrons.